The number of hydrogen-bond acceptors (Lipinski definition) is 4. The number of esters is 1. The molecule has 164 valence electrons. The van der Waals surface area contributed by atoms with Crippen LogP contribution in [0.1, 0.15) is 76.6 Å². The molecule has 0 fully saturated rings. The largest absolute Gasteiger partial charge is 0.466 e. The summed E-state index contributed by atoms with van der Waals surface area (Å²) in [5.41, 5.74) is -0.953. The van der Waals surface area contributed by atoms with Crippen LogP contribution in [0.25, 0.3) is 0 Å². The minimum absolute atomic E-state index is 0.118. The Hall–Kier alpha value is -2.25. The van der Waals surface area contributed by atoms with Gasteiger partial charge >= 0.3 is 18.2 Å². The number of nitrogens with one attached hydrogen (secondary N) is 1. The molecule has 1 atom stereocenters. The molecule has 1 rings (SSSR count). The Balaban J connectivity index is 2.99. The van der Waals surface area contributed by atoms with E-state index in [9.17, 15) is 22.8 Å². The topological polar surface area (TPSA) is 64.6 Å². The molecule has 0 aliphatic rings. The summed E-state index contributed by atoms with van der Waals surface area (Å²) < 4.78 is 50.6. The molecule has 1 aromatic carbocycles. The maximum absolute atomic E-state index is 13.5. The number of rotatable bonds is 8. The summed E-state index contributed by atoms with van der Waals surface area (Å²) in [6.07, 6.45) is -4.13. The highest BCUT2D eigenvalue weighted by Crippen LogP contribution is 2.36. The van der Waals surface area contributed by atoms with Crippen LogP contribution < -0.4 is 5.32 Å². The van der Waals surface area contributed by atoms with Crippen molar-refractivity contribution in [1.82, 2.24) is 5.32 Å². The van der Waals surface area contributed by atoms with Gasteiger partial charge in [0.25, 0.3) is 0 Å². The van der Waals surface area contributed by atoms with Gasteiger partial charge in [-0.05, 0) is 71.1 Å². The minimum atomic E-state index is -4.52. The third-order valence-electron chi connectivity index (χ3n) is 4.08. The van der Waals surface area contributed by atoms with Gasteiger partial charge in [0.1, 0.15) is 5.60 Å². The second-order valence-corrected chi connectivity index (χ2v) is 7.75. The number of carbonyl (C=O) groups excluding carboxylic acids is 2. The van der Waals surface area contributed by atoms with Crippen LogP contribution in [0.3, 0.4) is 0 Å². The van der Waals surface area contributed by atoms with Crippen molar-refractivity contribution in [3.8, 4) is 0 Å². The normalized spacial score (nSPS) is 13.0. The van der Waals surface area contributed by atoms with Gasteiger partial charge in [0.05, 0.1) is 18.2 Å². The van der Waals surface area contributed by atoms with E-state index in [0.29, 0.717) is 18.4 Å². The zero-order chi connectivity index (χ0) is 22.2. The Morgan fingerprint density at radius 1 is 1.14 bits per heavy atom. The van der Waals surface area contributed by atoms with Crippen molar-refractivity contribution in [3.63, 3.8) is 0 Å². The number of unbranched alkanes of at least 4 members (excludes halogenated alkanes) is 1. The lowest BCUT2D eigenvalue weighted by molar-refractivity contribution is -0.143. The van der Waals surface area contributed by atoms with Gasteiger partial charge in [-0.1, -0.05) is 12.1 Å². The number of amides is 1. The van der Waals surface area contributed by atoms with E-state index in [1.54, 1.807) is 40.7 Å². The summed E-state index contributed by atoms with van der Waals surface area (Å²) in [6, 6.07) is 3.25. The van der Waals surface area contributed by atoms with Crippen LogP contribution in [0, 0.1) is 0 Å². The number of halogens is 3. The fraction of sp³-hybridized carbons (Fsp3) is 0.619. The molecule has 29 heavy (non-hydrogen) atoms. The van der Waals surface area contributed by atoms with E-state index >= 15 is 0 Å². The Morgan fingerprint density at radius 2 is 1.79 bits per heavy atom. The van der Waals surface area contributed by atoms with E-state index < -0.39 is 29.5 Å². The maximum atomic E-state index is 13.5. The first-order valence-electron chi connectivity index (χ1n) is 9.69. The summed E-state index contributed by atoms with van der Waals surface area (Å²) in [4.78, 5) is 23.5. The van der Waals surface area contributed by atoms with Gasteiger partial charge in [0, 0.05) is 6.42 Å². The number of alkyl carbamates (subject to hydrolysis) is 1. The minimum Gasteiger partial charge on any atom is -0.466 e. The predicted octanol–water partition coefficient (Wildman–Crippen LogP) is 5.57. The molecule has 0 radical (unpaired) electrons. The van der Waals surface area contributed by atoms with Crippen molar-refractivity contribution >= 4 is 12.1 Å². The molecule has 0 spiro atoms. The average molecular weight is 417 g/mol. The van der Waals surface area contributed by atoms with Crippen LogP contribution in [-0.2, 0) is 26.9 Å². The molecule has 0 aliphatic carbocycles. The molecule has 0 aromatic heterocycles. The molecule has 1 aromatic rings. The second kappa shape index (κ2) is 10.5. The highest BCUT2D eigenvalue weighted by Gasteiger charge is 2.34. The molecule has 1 N–H and O–H groups in total. The van der Waals surface area contributed by atoms with Crippen molar-refractivity contribution in [1.29, 1.82) is 0 Å². The number of hydrogen-bond donors (Lipinski definition) is 1. The highest BCUT2D eigenvalue weighted by atomic mass is 19.4. The van der Waals surface area contributed by atoms with E-state index in [0.717, 1.165) is 6.07 Å². The fourth-order valence-corrected chi connectivity index (χ4v) is 2.92. The fourth-order valence-electron chi connectivity index (χ4n) is 2.92. The third-order valence-corrected chi connectivity index (χ3v) is 4.08. The Kier molecular flexibility index (Phi) is 8.98. The molecule has 0 bridgehead atoms. The zero-order valence-electron chi connectivity index (χ0n) is 17.6. The van der Waals surface area contributed by atoms with Gasteiger partial charge in [-0.3, -0.25) is 4.79 Å². The molecule has 0 unspecified atom stereocenters. The number of alkyl halides is 3. The van der Waals surface area contributed by atoms with Crippen LogP contribution in [0.15, 0.2) is 18.2 Å². The van der Waals surface area contributed by atoms with Crippen LogP contribution in [0.5, 0.6) is 0 Å². The predicted molar refractivity (Wildman–Crippen MR) is 103 cm³/mol. The van der Waals surface area contributed by atoms with Gasteiger partial charge in [-0.15, -0.1) is 0 Å². The van der Waals surface area contributed by atoms with Crippen molar-refractivity contribution in [2.45, 2.75) is 78.1 Å². The molecule has 1 amide bonds. The lowest BCUT2D eigenvalue weighted by Crippen LogP contribution is -2.34. The summed E-state index contributed by atoms with van der Waals surface area (Å²) in [5.74, 6) is -0.364. The molecular weight excluding hydrogens is 387 g/mol. The van der Waals surface area contributed by atoms with E-state index in [-0.39, 0.29) is 31.0 Å². The molecule has 5 nitrogen and oxygen atoms in total. The van der Waals surface area contributed by atoms with Gasteiger partial charge in [-0.2, -0.15) is 13.2 Å². The molecule has 0 saturated heterocycles. The van der Waals surface area contributed by atoms with Crippen molar-refractivity contribution in [2.24, 2.45) is 0 Å². The van der Waals surface area contributed by atoms with Crippen LogP contribution in [0.4, 0.5) is 18.0 Å². The van der Waals surface area contributed by atoms with Crippen molar-refractivity contribution < 1.29 is 32.2 Å². The second-order valence-electron chi connectivity index (χ2n) is 7.75. The molecule has 8 heteroatoms. The lowest BCUT2D eigenvalue weighted by Gasteiger charge is -2.24. The molecule has 0 heterocycles. The third kappa shape index (κ3) is 8.75. The van der Waals surface area contributed by atoms with Gasteiger partial charge in [0.2, 0.25) is 0 Å². The standard InChI is InChI=1S/C21H30F3NO4/c1-6-28-18(26)13-8-7-10-16-15(11-9-12-17(16)21(22,23)24)14(2)25-19(27)29-20(3,4)5/h9,11-12,14H,6-8,10,13H2,1-5H3,(H,25,27)/t14-/m1/s1. The van der Waals surface area contributed by atoms with Crippen LogP contribution in [-0.4, -0.2) is 24.3 Å². The monoisotopic (exact) mass is 417 g/mol. The van der Waals surface area contributed by atoms with E-state index in [2.05, 4.69) is 5.32 Å². The number of benzene rings is 1. The summed E-state index contributed by atoms with van der Waals surface area (Å²) in [6.45, 7) is 8.70. The Labute approximate surface area is 170 Å². The number of ether oxygens (including phenoxy) is 2. The van der Waals surface area contributed by atoms with Crippen molar-refractivity contribution in [3.05, 3.63) is 34.9 Å². The first-order valence-corrected chi connectivity index (χ1v) is 9.69. The quantitative estimate of drug-likeness (QED) is 0.444. The highest BCUT2D eigenvalue weighted by molar-refractivity contribution is 5.69. The molecular formula is C21H30F3NO4. The van der Waals surface area contributed by atoms with Gasteiger partial charge in [0.15, 0.2) is 0 Å². The Morgan fingerprint density at radius 3 is 2.34 bits per heavy atom. The summed E-state index contributed by atoms with van der Waals surface area (Å²) in [7, 11) is 0. The Bertz CT molecular complexity index is 696. The molecule has 0 saturated carbocycles. The first-order chi connectivity index (χ1) is 13.3. The van der Waals surface area contributed by atoms with E-state index in [1.807, 2.05) is 0 Å². The summed E-state index contributed by atoms with van der Waals surface area (Å²) in [5, 5.41) is 2.59. The first kappa shape index (κ1) is 24.8. The average Bonchev–Trinajstić information content (AvgIpc) is 2.56. The SMILES string of the molecule is CCOC(=O)CCCCc1c([C@@H](C)NC(=O)OC(C)(C)C)cccc1C(F)(F)F. The smallest absolute Gasteiger partial charge is 0.416 e. The van der Waals surface area contributed by atoms with Gasteiger partial charge < -0.3 is 14.8 Å². The van der Waals surface area contributed by atoms with Crippen LogP contribution in [0.2, 0.25) is 0 Å². The zero-order valence-corrected chi connectivity index (χ0v) is 17.6. The molecule has 0 aliphatic heterocycles. The maximum Gasteiger partial charge on any atom is 0.416 e. The van der Waals surface area contributed by atoms with Gasteiger partial charge in [-0.25, -0.2) is 4.79 Å². The van der Waals surface area contributed by atoms with E-state index in [1.165, 1.54) is 6.07 Å². The number of carbonyl (C=O) groups is 2. The van der Waals surface area contributed by atoms with Crippen molar-refractivity contribution in [2.75, 3.05) is 6.61 Å². The lowest BCUT2D eigenvalue weighted by atomic mass is 9.92. The van der Waals surface area contributed by atoms with E-state index in [4.69, 9.17) is 9.47 Å². The summed E-state index contributed by atoms with van der Waals surface area (Å²) >= 11 is 0. The van der Waals surface area contributed by atoms with Crippen LogP contribution >= 0.6 is 0 Å².